The van der Waals surface area contributed by atoms with Crippen molar-refractivity contribution in [3.8, 4) is 0 Å². The molecular formula is C14H25N2O3-. The maximum Gasteiger partial charge on any atom is 0.315 e. The van der Waals surface area contributed by atoms with Crippen LogP contribution in [0.1, 0.15) is 52.9 Å². The molecule has 19 heavy (non-hydrogen) atoms. The molecule has 2 N–H and O–H groups in total. The highest BCUT2D eigenvalue weighted by Gasteiger charge is 2.25. The molecule has 110 valence electrons. The third kappa shape index (κ3) is 4.73. The average molecular weight is 269 g/mol. The summed E-state index contributed by atoms with van der Waals surface area (Å²) in [4.78, 5) is 22.9. The minimum Gasteiger partial charge on any atom is -0.548 e. The smallest absolute Gasteiger partial charge is 0.315 e. The van der Waals surface area contributed by atoms with Crippen LogP contribution in [0.25, 0.3) is 0 Å². The van der Waals surface area contributed by atoms with Gasteiger partial charge in [0.15, 0.2) is 0 Å². The summed E-state index contributed by atoms with van der Waals surface area (Å²) in [7, 11) is 0. The van der Waals surface area contributed by atoms with E-state index in [1.165, 1.54) is 6.42 Å². The number of aliphatic carboxylic acids is 1. The normalized spacial score (nSPS) is 26.3. The predicted octanol–water partition coefficient (Wildman–Crippen LogP) is 1.03. The molecule has 0 aromatic rings. The maximum absolute atomic E-state index is 11.9. The number of urea groups is 1. The van der Waals surface area contributed by atoms with Crippen molar-refractivity contribution in [1.82, 2.24) is 10.6 Å². The fourth-order valence-corrected chi connectivity index (χ4v) is 2.55. The Kier molecular flexibility index (Phi) is 6.12. The van der Waals surface area contributed by atoms with Crippen molar-refractivity contribution >= 4 is 12.0 Å². The minimum absolute atomic E-state index is 0.139. The van der Waals surface area contributed by atoms with E-state index in [0.29, 0.717) is 12.3 Å². The van der Waals surface area contributed by atoms with Crippen molar-refractivity contribution in [3.05, 3.63) is 0 Å². The van der Waals surface area contributed by atoms with E-state index < -0.39 is 18.0 Å². The minimum atomic E-state index is -1.22. The summed E-state index contributed by atoms with van der Waals surface area (Å²) < 4.78 is 0. The molecule has 1 rings (SSSR count). The van der Waals surface area contributed by atoms with Gasteiger partial charge in [-0.05, 0) is 24.7 Å². The first-order chi connectivity index (χ1) is 8.95. The second kappa shape index (κ2) is 7.36. The summed E-state index contributed by atoms with van der Waals surface area (Å²) in [5.41, 5.74) is 0. The summed E-state index contributed by atoms with van der Waals surface area (Å²) in [5, 5.41) is 16.5. The fourth-order valence-electron chi connectivity index (χ4n) is 2.55. The van der Waals surface area contributed by atoms with E-state index in [1.54, 1.807) is 6.92 Å². The molecule has 0 aliphatic heterocycles. The Morgan fingerprint density at radius 3 is 2.47 bits per heavy atom. The quantitative estimate of drug-likeness (QED) is 0.782. The first-order valence-corrected chi connectivity index (χ1v) is 7.23. The van der Waals surface area contributed by atoms with Crippen LogP contribution >= 0.6 is 0 Å². The zero-order chi connectivity index (χ0) is 14.4. The maximum atomic E-state index is 11.9. The summed E-state index contributed by atoms with van der Waals surface area (Å²) >= 11 is 0. The molecule has 5 heteroatoms. The Morgan fingerprint density at radius 1 is 1.32 bits per heavy atom. The second-order valence-electron chi connectivity index (χ2n) is 5.67. The molecule has 0 heterocycles. The number of carbonyl (C=O) groups excluding carboxylic acids is 2. The van der Waals surface area contributed by atoms with E-state index in [2.05, 4.69) is 17.6 Å². The van der Waals surface area contributed by atoms with Gasteiger partial charge in [-0.3, -0.25) is 0 Å². The lowest BCUT2D eigenvalue weighted by Crippen LogP contribution is -2.56. The van der Waals surface area contributed by atoms with Gasteiger partial charge >= 0.3 is 6.03 Å². The van der Waals surface area contributed by atoms with Crippen molar-refractivity contribution in [2.45, 2.75) is 65.0 Å². The van der Waals surface area contributed by atoms with Crippen molar-refractivity contribution < 1.29 is 14.7 Å². The fraction of sp³-hybridized carbons (Fsp3) is 0.857. The molecule has 1 aliphatic rings. The zero-order valence-corrected chi connectivity index (χ0v) is 12.1. The molecule has 0 aromatic heterocycles. The van der Waals surface area contributed by atoms with Gasteiger partial charge in [0.05, 0.1) is 12.0 Å². The number of carbonyl (C=O) groups is 2. The summed E-state index contributed by atoms with van der Waals surface area (Å²) in [6.07, 6.45) is 5.08. The standard InChI is InChI=1S/C14H26N2O3/c1-4-9(2)12(13(17)18)16-14(19)15-11-8-6-5-7-10(11)3/h9-12H,4-8H2,1-3H3,(H,17,18)(H2,15,16,19)/p-1/t9-,10-,11-,12+/m0/s1. The van der Waals surface area contributed by atoms with E-state index in [-0.39, 0.29) is 12.0 Å². The van der Waals surface area contributed by atoms with Gasteiger partial charge in [-0.1, -0.05) is 40.0 Å². The molecule has 0 aromatic carbocycles. The molecule has 0 bridgehead atoms. The van der Waals surface area contributed by atoms with Crippen LogP contribution in [0.5, 0.6) is 0 Å². The van der Waals surface area contributed by atoms with E-state index >= 15 is 0 Å². The van der Waals surface area contributed by atoms with Crippen molar-refractivity contribution in [2.24, 2.45) is 11.8 Å². The Bertz CT molecular complexity index is 320. The van der Waals surface area contributed by atoms with Crippen LogP contribution in [0.3, 0.4) is 0 Å². The first-order valence-electron chi connectivity index (χ1n) is 7.23. The third-order valence-electron chi connectivity index (χ3n) is 4.18. The van der Waals surface area contributed by atoms with Crippen LogP contribution in [-0.4, -0.2) is 24.1 Å². The summed E-state index contributed by atoms with van der Waals surface area (Å²) in [5.74, 6) is -0.912. The Hall–Kier alpha value is -1.26. The van der Waals surface area contributed by atoms with E-state index in [4.69, 9.17) is 0 Å². The summed E-state index contributed by atoms with van der Waals surface area (Å²) in [6, 6.07) is -1.18. The van der Waals surface area contributed by atoms with Crippen LogP contribution in [0, 0.1) is 11.8 Å². The molecule has 1 fully saturated rings. The molecule has 0 saturated heterocycles. The van der Waals surface area contributed by atoms with Crippen LogP contribution < -0.4 is 15.7 Å². The first kappa shape index (κ1) is 15.8. The number of amides is 2. The third-order valence-corrected chi connectivity index (χ3v) is 4.18. The number of hydrogen-bond acceptors (Lipinski definition) is 3. The number of nitrogens with one attached hydrogen (secondary N) is 2. The Morgan fingerprint density at radius 2 is 1.95 bits per heavy atom. The van der Waals surface area contributed by atoms with E-state index in [1.807, 2.05) is 6.92 Å². The molecule has 1 saturated carbocycles. The predicted molar refractivity (Wildman–Crippen MR) is 71.3 cm³/mol. The van der Waals surface area contributed by atoms with Crippen LogP contribution in [0.2, 0.25) is 0 Å². The highest BCUT2D eigenvalue weighted by atomic mass is 16.4. The number of carboxylic acid groups (broad SMARTS) is 1. The molecule has 0 spiro atoms. The van der Waals surface area contributed by atoms with E-state index in [0.717, 1.165) is 19.3 Å². The number of rotatable bonds is 5. The van der Waals surface area contributed by atoms with Gasteiger partial charge in [-0.15, -0.1) is 0 Å². The molecule has 0 radical (unpaired) electrons. The highest BCUT2D eigenvalue weighted by molar-refractivity contribution is 5.81. The van der Waals surface area contributed by atoms with Crippen LogP contribution in [-0.2, 0) is 4.79 Å². The lowest BCUT2D eigenvalue weighted by molar-refractivity contribution is -0.309. The van der Waals surface area contributed by atoms with E-state index in [9.17, 15) is 14.7 Å². The van der Waals surface area contributed by atoms with Crippen molar-refractivity contribution in [3.63, 3.8) is 0 Å². The zero-order valence-electron chi connectivity index (χ0n) is 12.1. The monoisotopic (exact) mass is 269 g/mol. The van der Waals surface area contributed by atoms with Gasteiger partial charge < -0.3 is 20.5 Å². The lowest BCUT2D eigenvalue weighted by atomic mass is 9.86. The van der Waals surface area contributed by atoms with Gasteiger partial charge in [-0.25, -0.2) is 4.79 Å². The highest BCUT2D eigenvalue weighted by Crippen LogP contribution is 2.23. The van der Waals surface area contributed by atoms with Crippen LogP contribution in [0.15, 0.2) is 0 Å². The molecular weight excluding hydrogens is 244 g/mol. The number of carboxylic acids is 1. The topological polar surface area (TPSA) is 81.3 Å². The van der Waals surface area contributed by atoms with Gasteiger partial charge in [0.25, 0.3) is 0 Å². The van der Waals surface area contributed by atoms with Gasteiger partial charge in [-0.2, -0.15) is 0 Å². The van der Waals surface area contributed by atoms with Crippen molar-refractivity contribution in [2.75, 3.05) is 0 Å². The second-order valence-corrected chi connectivity index (χ2v) is 5.67. The van der Waals surface area contributed by atoms with Crippen LogP contribution in [0.4, 0.5) is 4.79 Å². The number of hydrogen-bond donors (Lipinski definition) is 2. The Balaban J connectivity index is 2.50. The molecule has 1 aliphatic carbocycles. The largest absolute Gasteiger partial charge is 0.548 e. The Labute approximate surface area is 115 Å². The molecule has 5 nitrogen and oxygen atoms in total. The SMILES string of the molecule is CC[C@H](C)[C@@H](NC(=O)N[C@H]1CCCC[C@@H]1C)C(=O)[O-]. The van der Waals surface area contributed by atoms with Gasteiger partial charge in [0, 0.05) is 6.04 Å². The molecule has 2 amide bonds. The average Bonchev–Trinajstić information content (AvgIpc) is 2.37. The summed E-state index contributed by atoms with van der Waals surface area (Å²) in [6.45, 7) is 5.81. The van der Waals surface area contributed by atoms with Crippen molar-refractivity contribution in [1.29, 1.82) is 0 Å². The lowest BCUT2D eigenvalue weighted by Gasteiger charge is -2.31. The van der Waals surface area contributed by atoms with Gasteiger partial charge in [0.1, 0.15) is 0 Å². The van der Waals surface area contributed by atoms with Gasteiger partial charge in [0.2, 0.25) is 0 Å². The molecule has 4 atom stereocenters. The molecule has 0 unspecified atom stereocenters.